The number of ether oxygens (including phenoxy) is 1. The minimum atomic E-state index is -3.39. The number of pyridine rings is 1. The number of hydrogen-bond acceptors (Lipinski definition) is 6. The Morgan fingerprint density at radius 2 is 2.09 bits per heavy atom. The highest BCUT2D eigenvalue weighted by atomic mass is 32.2. The molecule has 4 aromatic rings. The molecule has 9 nitrogen and oxygen atoms in total. The van der Waals surface area contributed by atoms with Crippen LogP contribution in [0.5, 0.6) is 11.5 Å². The Balaban J connectivity index is 1.53. The van der Waals surface area contributed by atoms with Gasteiger partial charge in [0.1, 0.15) is 17.3 Å². The second-order valence-electron chi connectivity index (χ2n) is 7.78. The number of nitrogens with zero attached hydrogens (tertiary/aromatic N) is 4. The number of amides is 1. The average Bonchev–Trinajstić information content (AvgIpc) is 3.49. The Hall–Kier alpha value is -3.66. The van der Waals surface area contributed by atoms with E-state index in [2.05, 4.69) is 15.1 Å². The summed E-state index contributed by atoms with van der Waals surface area (Å²) in [5.41, 5.74) is 1.74. The number of H-pyrrole nitrogens is 1. The van der Waals surface area contributed by atoms with Gasteiger partial charge >= 0.3 is 0 Å². The molecular weight excluding hydrogens is 430 g/mol. The van der Waals surface area contributed by atoms with Gasteiger partial charge in [-0.1, -0.05) is 0 Å². The second-order valence-corrected chi connectivity index (χ2v) is 9.74. The third-order valence-electron chi connectivity index (χ3n) is 5.39. The molecule has 1 N–H and O–H groups in total. The number of sulfone groups is 1. The molecule has 0 spiro atoms. The van der Waals surface area contributed by atoms with Crippen LogP contribution in [0.4, 0.5) is 0 Å². The van der Waals surface area contributed by atoms with Crippen LogP contribution in [-0.4, -0.2) is 51.8 Å². The Morgan fingerprint density at radius 1 is 1.22 bits per heavy atom. The van der Waals surface area contributed by atoms with Crippen molar-refractivity contribution in [2.75, 3.05) is 12.8 Å². The van der Waals surface area contributed by atoms with E-state index in [1.165, 1.54) is 12.3 Å². The van der Waals surface area contributed by atoms with Crippen LogP contribution in [0.1, 0.15) is 18.4 Å². The van der Waals surface area contributed by atoms with Gasteiger partial charge in [0, 0.05) is 54.6 Å². The summed E-state index contributed by atoms with van der Waals surface area (Å²) in [4.78, 5) is 21.4. The molecule has 0 unspecified atom stereocenters. The molecule has 32 heavy (non-hydrogen) atoms. The number of nitrogens with one attached hydrogen (secondary N) is 1. The van der Waals surface area contributed by atoms with Crippen molar-refractivity contribution in [3.8, 4) is 17.3 Å². The van der Waals surface area contributed by atoms with Crippen LogP contribution in [0.3, 0.4) is 0 Å². The van der Waals surface area contributed by atoms with E-state index in [1.54, 1.807) is 16.9 Å². The molecule has 0 aliphatic carbocycles. The fraction of sp³-hybridized carbons (Fsp3) is 0.227. The smallest absolute Gasteiger partial charge is 0.222 e. The molecule has 1 aliphatic heterocycles. The SMILES string of the molecule is CS(=O)(=O)c1ccc(Oc2cc3cc(-n4cccn4)[nH]c3cc2CN2CCCC2=O)cn1. The highest BCUT2D eigenvalue weighted by molar-refractivity contribution is 7.90. The van der Waals surface area contributed by atoms with E-state index in [0.29, 0.717) is 31.0 Å². The minimum Gasteiger partial charge on any atom is -0.455 e. The molecule has 1 fully saturated rings. The quantitative estimate of drug-likeness (QED) is 0.482. The Kier molecular flexibility index (Phi) is 4.93. The molecule has 1 amide bonds. The number of fused-ring (bicyclic) bond motifs is 1. The maximum absolute atomic E-state index is 12.2. The molecule has 10 heteroatoms. The number of carbonyl (C=O) groups excluding carboxylic acids is 1. The molecule has 5 rings (SSSR count). The molecule has 164 valence electrons. The number of aromatic nitrogens is 4. The summed E-state index contributed by atoms with van der Waals surface area (Å²) in [6.45, 7) is 1.14. The summed E-state index contributed by atoms with van der Waals surface area (Å²) in [5.74, 6) is 1.93. The van der Waals surface area contributed by atoms with E-state index in [0.717, 1.165) is 35.0 Å². The molecule has 3 aromatic heterocycles. The summed E-state index contributed by atoms with van der Waals surface area (Å²) in [7, 11) is -3.39. The summed E-state index contributed by atoms with van der Waals surface area (Å²) in [6.07, 6.45) is 7.45. The molecular formula is C22H21N5O4S. The first-order valence-electron chi connectivity index (χ1n) is 10.1. The first-order chi connectivity index (χ1) is 15.4. The molecule has 0 atom stereocenters. The van der Waals surface area contributed by atoms with Gasteiger partial charge < -0.3 is 14.6 Å². The number of carbonyl (C=O) groups is 1. The predicted octanol–water partition coefficient (Wildman–Crippen LogP) is 3.07. The molecule has 4 heterocycles. The Bertz CT molecular complexity index is 1390. The maximum atomic E-state index is 12.2. The van der Waals surface area contributed by atoms with Crippen molar-refractivity contribution in [1.29, 1.82) is 0 Å². The number of rotatable bonds is 6. The van der Waals surface area contributed by atoms with Gasteiger partial charge in [0.15, 0.2) is 14.9 Å². The van der Waals surface area contributed by atoms with Gasteiger partial charge in [0.2, 0.25) is 5.91 Å². The minimum absolute atomic E-state index is 0.0160. The van der Waals surface area contributed by atoms with Crippen LogP contribution in [-0.2, 0) is 21.2 Å². The summed E-state index contributed by atoms with van der Waals surface area (Å²) >= 11 is 0. The van der Waals surface area contributed by atoms with Crippen LogP contribution >= 0.6 is 0 Å². The largest absolute Gasteiger partial charge is 0.455 e. The zero-order valence-electron chi connectivity index (χ0n) is 17.4. The van der Waals surface area contributed by atoms with Crippen LogP contribution in [0.15, 0.2) is 60.0 Å². The highest BCUT2D eigenvalue weighted by Crippen LogP contribution is 2.32. The van der Waals surface area contributed by atoms with Gasteiger partial charge in [-0.25, -0.2) is 18.1 Å². The van der Waals surface area contributed by atoms with E-state index in [9.17, 15) is 13.2 Å². The van der Waals surface area contributed by atoms with Gasteiger partial charge in [-0.3, -0.25) is 4.79 Å². The van der Waals surface area contributed by atoms with E-state index >= 15 is 0 Å². The lowest BCUT2D eigenvalue weighted by molar-refractivity contribution is -0.128. The number of likely N-dealkylation sites (tertiary alicyclic amines) is 1. The molecule has 1 saturated heterocycles. The van der Waals surface area contributed by atoms with Crippen molar-refractivity contribution in [2.45, 2.75) is 24.4 Å². The number of aromatic amines is 1. The first-order valence-corrected chi connectivity index (χ1v) is 12.0. The van der Waals surface area contributed by atoms with E-state index in [1.807, 2.05) is 35.4 Å². The number of benzene rings is 1. The van der Waals surface area contributed by atoms with E-state index in [-0.39, 0.29) is 10.9 Å². The van der Waals surface area contributed by atoms with Gasteiger partial charge in [-0.15, -0.1) is 0 Å². The van der Waals surface area contributed by atoms with Gasteiger partial charge in [0.05, 0.1) is 6.20 Å². The lowest BCUT2D eigenvalue weighted by Crippen LogP contribution is -2.24. The maximum Gasteiger partial charge on any atom is 0.222 e. The molecule has 0 saturated carbocycles. The Morgan fingerprint density at radius 3 is 2.75 bits per heavy atom. The second kappa shape index (κ2) is 7.79. The lowest BCUT2D eigenvalue weighted by Gasteiger charge is -2.18. The van der Waals surface area contributed by atoms with Crippen LogP contribution in [0.2, 0.25) is 0 Å². The fourth-order valence-corrected chi connectivity index (χ4v) is 4.35. The molecule has 0 radical (unpaired) electrons. The van der Waals surface area contributed by atoms with Crippen molar-refractivity contribution in [3.63, 3.8) is 0 Å². The van der Waals surface area contributed by atoms with Crippen LogP contribution in [0.25, 0.3) is 16.7 Å². The third kappa shape index (κ3) is 3.96. The lowest BCUT2D eigenvalue weighted by atomic mass is 10.1. The topological polar surface area (TPSA) is 110 Å². The van der Waals surface area contributed by atoms with E-state index in [4.69, 9.17) is 4.74 Å². The van der Waals surface area contributed by atoms with Crippen molar-refractivity contribution in [1.82, 2.24) is 24.6 Å². The molecule has 0 bridgehead atoms. The monoisotopic (exact) mass is 451 g/mol. The average molecular weight is 452 g/mol. The normalized spacial score (nSPS) is 14.4. The van der Waals surface area contributed by atoms with Gasteiger partial charge in [-0.2, -0.15) is 5.10 Å². The van der Waals surface area contributed by atoms with Crippen molar-refractivity contribution in [2.24, 2.45) is 0 Å². The fourth-order valence-electron chi connectivity index (χ4n) is 3.79. The highest BCUT2D eigenvalue weighted by Gasteiger charge is 2.22. The Labute approximate surface area is 184 Å². The first kappa shape index (κ1) is 20.3. The molecule has 1 aromatic carbocycles. The predicted molar refractivity (Wildman–Crippen MR) is 117 cm³/mol. The van der Waals surface area contributed by atoms with Crippen molar-refractivity contribution < 1.29 is 17.9 Å². The zero-order chi connectivity index (χ0) is 22.3. The van der Waals surface area contributed by atoms with Crippen LogP contribution < -0.4 is 4.74 Å². The summed E-state index contributed by atoms with van der Waals surface area (Å²) < 4.78 is 31.2. The van der Waals surface area contributed by atoms with Crippen molar-refractivity contribution >= 4 is 26.6 Å². The van der Waals surface area contributed by atoms with Crippen LogP contribution in [0, 0.1) is 0 Å². The third-order valence-corrected chi connectivity index (χ3v) is 6.39. The van der Waals surface area contributed by atoms with E-state index < -0.39 is 9.84 Å². The molecule has 1 aliphatic rings. The number of hydrogen-bond donors (Lipinski definition) is 1. The van der Waals surface area contributed by atoms with Crippen molar-refractivity contribution in [3.05, 3.63) is 60.6 Å². The zero-order valence-corrected chi connectivity index (χ0v) is 18.2. The standard InChI is InChI=1S/C22H21N5O4S/c1-32(29,30)21-6-5-17(13-23-21)31-19-11-15-12-20(27-9-3-7-24-27)25-18(15)10-16(19)14-26-8-2-4-22(26)28/h3,5-7,9-13,25H,2,4,8,14H2,1H3. The van der Waals surface area contributed by atoms with Gasteiger partial charge in [-0.05, 0) is 42.8 Å². The summed E-state index contributed by atoms with van der Waals surface area (Å²) in [5, 5.41) is 5.16. The van der Waals surface area contributed by atoms with Gasteiger partial charge in [0.25, 0.3) is 0 Å². The summed E-state index contributed by atoms with van der Waals surface area (Å²) in [6, 6.07) is 10.7.